The van der Waals surface area contributed by atoms with E-state index in [1.807, 2.05) is 12.1 Å². The summed E-state index contributed by atoms with van der Waals surface area (Å²) in [6.45, 7) is 0. The molecule has 2 amide bonds. The molecule has 0 aliphatic rings. The van der Waals surface area contributed by atoms with Crippen LogP contribution in [0.4, 0.5) is 11.4 Å². The average molecular weight is 412 g/mol. The van der Waals surface area contributed by atoms with Crippen molar-refractivity contribution < 1.29 is 23.5 Å². The van der Waals surface area contributed by atoms with Gasteiger partial charge in [0.1, 0.15) is 11.5 Å². The summed E-state index contributed by atoms with van der Waals surface area (Å²) >= 11 is 1.35. The molecule has 0 saturated heterocycles. The minimum atomic E-state index is -0.333. The van der Waals surface area contributed by atoms with Gasteiger partial charge in [-0.05, 0) is 42.5 Å². The van der Waals surface area contributed by atoms with Crippen molar-refractivity contribution in [2.75, 3.05) is 30.6 Å². The second kappa shape index (κ2) is 9.70. The van der Waals surface area contributed by atoms with Gasteiger partial charge < -0.3 is 24.5 Å². The minimum absolute atomic E-state index is 0.188. The molecule has 29 heavy (non-hydrogen) atoms. The maximum absolute atomic E-state index is 12.4. The molecule has 0 fully saturated rings. The van der Waals surface area contributed by atoms with Crippen LogP contribution in [-0.2, 0) is 4.79 Å². The van der Waals surface area contributed by atoms with Gasteiger partial charge in [0.15, 0.2) is 5.76 Å². The predicted octanol–water partition coefficient (Wildman–Crippen LogP) is 4.28. The molecular formula is C21H20N2O5S. The summed E-state index contributed by atoms with van der Waals surface area (Å²) in [5.74, 6) is 1.07. The molecule has 0 unspecified atom stereocenters. The molecule has 2 aromatic carbocycles. The highest BCUT2D eigenvalue weighted by Gasteiger charge is 2.11. The van der Waals surface area contributed by atoms with Gasteiger partial charge in [-0.3, -0.25) is 9.59 Å². The Morgan fingerprint density at radius 2 is 1.86 bits per heavy atom. The van der Waals surface area contributed by atoms with E-state index in [2.05, 4.69) is 10.6 Å². The largest absolute Gasteiger partial charge is 0.497 e. The van der Waals surface area contributed by atoms with Crippen LogP contribution < -0.4 is 20.1 Å². The quantitative estimate of drug-likeness (QED) is 0.537. The molecule has 3 rings (SSSR count). The Morgan fingerprint density at radius 1 is 1.00 bits per heavy atom. The first kappa shape index (κ1) is 20.3. The Morgan fingerprint density at radius 3 is 2.59 bits per heavy atom. The van der Waals surface area contributed by atoms with E-state index in [1.165, 1.54) is 25.1 Å². The second-order valence-electron chi connectivity index (χ2n) is 5.86. The topological polar surface area (TPSA) is 89.8 Å². The molecule has 0 bridgehead atoms. The van der Waals surface area contributed by atoms with Crippen LogP contribution >= 0.6 is 11.8 Å². The number of ether oxygens (including phenoxy) is 2. The van der Waals surface area contributed by atoms with Gasteiger partial charge in [-0.25, -0.2) is 0 Å². The molecule has 0 spiro atoms. The third-order valence-electron chi connectivity index (χ3n) is 3.89. The lowest BCUT2D eigenvalue weighted by molar-refractivity contribution is -0.113. The van der Waals surface area contributed by atoms with Crippen molar-refractivity contribution in [2.45, 2.75) is 4.90 Å². The number of thioether (sulfide) groups is 1. The average Bonchev–Trinajstić information content (AvgIpc) is 3.27. The van der Waals surface area contributed by atoms with E-state index in [0.717, 1.165) is 4.90 Å². The highest BCUT2D eigenvalue weighted by atomic mass is 32.2. The van der Waals surface area contributed by atoms with Gasteiger partial charge in [0.25, 0.3) is 5.91 Å². The first-order valence-corrected chi connectivity index (χ1v) is 9.67. The fourth-order valence-electron chi connectivity index (χ4n) is 2.51. The highest BCUT2D eigenvalue weighted by molar-refractivity contribution is 8.00. The van der Waals surface area contributed by atoms with Crippen molar-refractivity contribution in [3.8, 4) is 11.5 Å². The van der Waals surface area contributed by atoms with Crippen LogP contribution in [0.1, 0.15) is 10.6 Å². The fraction of sp³-hybridized carbons (Fsp3) is 0.143. The number of hydrogen-bond donors (Lipinski definition) is 2. The number of furan rings is 1. The lowest BCUT2D eigenvalue weighted by Gasteiger charge is -2.12. The number of hydrogen-bond acceptors (Lipinski definition) is 6. The van der Waals surface area contributed by atoms with E-state index in [1.54, 1.807) is 49.6 Å². The maximum atomic E-state index is 12.4. The van der Waals surface area contributed by atoms with Crippen LogP contribution in [0.15, 0.2) is 70.2 Å². The first-order valence-electron chi connectivity index (χ1n) is 8.68. The molecule has 0 radical (unpaired) electrons. The number of carbonyl (C=O) groups is 2. The molecule has 8 heteroatoms. The smallest absolute Gasteiger partial charge is 0.291 e. The second-order valence-corrected chi connectivity index (χ2v) is 6.91. The summed E-state index contributed by atoms with van der Waals surface area (Å²) < 4.78 is 15.5. The van der Waals surface area contributed by atoms with Crippen LogP contribution in [-0.4, -0.2) is 31.8 Å². The molecule has 0 aliphatic heterocycles. The Labute approximate surface area is 172 Å². The standard InChI is InChI=1S/C21H20N2O5S/c1-26-15-8-9-18(27-2)17(12-15)23-20(24)13-29-16-6-3-5-14(11-16)22-21(25)19-7-4-10-28-19/h3-12H,13H2,1-2H3,(H,22,25)(H,23,24). The van der Waals surface area contributed by atoms with Crippen LogP contribution in [0.3, 0.4) is 0 Å². The number of carbonyl (C=O) groups excluding carboxylic acids is 2. The molecule has 1 heterocycles. The molecule has 7 nitrogen and oxygen atoms in total. The summed E-state index contributed by atoms with van der Waals surface area (Å²) in [6.07, 6.45) is 1.44. The summed E-state index contributed by atoms with van der Waals surface area (Å²) in [5, 5.41) is 5.59. The van der Waals surface area contributed by atoms with E-state index < -0.39 is 0 Å². The summed E-state index contributed by atoms with van der Waals surface area (Å²) in [4.78, 5) is 25.3. The predicted molar refractivity (Wildman–Crippen MR) is 112 cm³/mol. The number of methoxy groups -OCH3 is 2. The van der Waals surface area contributed by atoms with Crippen molar-refractivity contribution in [3.63, 3.8) is 0 Å². The number of nitrogens with one attached hydrogen (secondary N) is 2. The molecule has 0 saturated carbocycles. The molecule has 0 atom stereocenters. The SMILES string of the molecule is COc1ccc(OC)c(NC(=O)CSc2cccc(NC(=O)c3ccco3)c2)c1. The first-order chi connectivity index (χ1) is 14.1. The van der Waals surface area contributed by atoms with Crippen molar-refractivity contribution in [1.82, 2.24) is 0 Å². The van der Waals surface area contributed by atoms with Crippen LogP contribution in [0.25, 0.3) is 0 Å². The maximum Gasteiger partial charge on any atom is 0.291 e. The lowest BCUT2D eigenvalue weighted by atomic mass is 10.2. The zero-order chi connectivity index (χ0) is 20.6. The van der Waals surface area contributed by atoms with E-state index in [9.17, 15) is 9.59 Å². The van der Waals surface area contributed by atoms with E-state index in [-0.39, 0.29) is 23.3 Å². The third kappa shape index (κ3) is 5.55. The summed E-state index contributed by atoms with van der Waals surface area (Å²) in [6, 6.07) is 15.7. The van der Waals surface area contributed by atoms with Gasteiger partial charge in [-0.1, -0.05) is 6.07 Å². The van der Waals surface area contributed by atoms with Gasteiger partial charge in [-0.15, -0.1) is 11.8 Å². The monoisotopic (exact) mass is 412 g/mol. The zero-order valence-corrected chi connectivity index (χ0v) is 16.7. The van der Waals surface area contributed by atoms with Gasteiger partial charge in [0.05, 0.1) is 31.9 Å². The molecule has 1 aromatic heterocycles. The summed E-state index contributed by atoms with van der Waals surface area (Å²) in [5.41, 5.74) is 1.16. The normalized spacial score (nSPS) is 10.3. The Balaban J connectivity index is 1.59. The zero-order valence-electron chi connectivity index (χ0n) is 15.9. The van der Waals surface area contributed by atoms with Crippen molar-refractivity contribution in [3.05, 3.63) is 66.6 Å². The van der Waals surface area contributed by atoms with Gasteiger partial charge in [-0.2, -0.15) is 0 Å². The number of rotatable bonds is 8. The minimum Gasteiger partial charge on any atom is -0.497 e. The number of benzene rings is 2. The van der Waals surface area contributed by atoms with Gasteiger partial charge in [0, 0.05) is 16.6 Å². The van der Waals surface area contributed by atoms with Gasteiger partial charge >= 0.3 is 0 Å². The van der Waals surface area contributed by atoms with Crippen molar-refractivity contribution >= 4 is 35.0 Å². The highest BCUT2D eigenvalue weighted by Crippen LogP contribution is 2.29. The number of amides is 2. The Hall–Kier alpha value is -3.39. The van der Waals surface area contributed by atoms with Crippen molar-refractivity contribution in [1.29, 1.82) is 0 Å². The molecule has 0 aliphatic carbocycles. The van der Waals surface area contributed by atoms with E-state index in [0.29, 0.717) is 22.9 Å². The van der Waals surface area contributed by atoms with E-state index in [4.69, 9.17) is 13.9 Å². The Kier molecular flexibility index (Phi) is 6.80. The van der Waals surface area contributed by atoms with Crippen molar-refractivity contribution in [2.24, 2.45) is 0 Å². The molecular weight excluding hydrogens is 392 g/mol. The van der Waals surface area contributed by atoms with E-state index >= 15 is 0 Å². The van der Waals surface area contributed by atoms with Crippen LogP contribution in [0.2, 0.25) is 0 Å². The molecule has 2 N–H and O–H groups in total. The molecule has 3 aromatic rings. The number of anilines is 2. The molecule has 150 valence electrons. The van der Waals surface area contributed by atoms with Crippen LogP contribution in [0.5, 0.6) is 11.5 Å². The van der Waals surface area contributed by atoms with Crippen LogP contribution in [0, 0.1) is 0 Å². The Bertz CT molecular complexity index is 988. The fourth-order valence-corrected chi connectivity index (χ4v) is 3.27. The van der Waals surface area contributed by atoms with Gasteiger partial charge in [0.2, 0.25) is 5.91 Å². The summed E-state index contributed by atoms with van der Waals surface area (Å²) in [7, 11) is 3.09. The lowest BCUT2D eigenvalue weighted by Crippen LogP contribution is -2.15. The third-order valence-corrected chi connectivity index (χ3v) is 4.88.